The zero-order valence-electron chi connectivity index (χ0n) is 23.2. The van der Waals surface area contributed by atoms with Crippen molar-refractivity contribution in [3.8, 4) is 0 Å². The Balaban J connectivity index is 1.06. The van der Waals surface area contributed by atoms with Gasteiger partial charge in [0.05, 0.1) is 12.0 Å². The molecule has 5 nitrogen and oxygen atoms in total. The predicted octanol–water partition coefficient (Wildman–Crippen LogP) is 7.81. The molecule has 1 aliphatic heterocycles. The summed E-state index contributed by atoms with van der Waals surface area (Å²) in [4.78, 5) is 17.2. The Morgan fingerprint density at radius 3 is 2.87 bits per heavy atom. The standard InChI is InChI=1S/C34H44N2O3/c37-34(38)32(31-15-8-11-26-10-4-2-1-3-5-14-30(26)31)21-17-25-16-20-29(24-25)39-23-7-6-13-28-19-18-27-12-9-22-35-33(27)36-28/h4-5,8,10-11,14-15,18-19,25,29,32H,1-3,6-7,9,12-13,16-17,20-24H2,(H,35,36)(H,37,38)/b10-4-,14-5-/t25?,29-,32?/m1/s1. The van der Waals surface area contributed by atoms with Gasteiger partial charge in [-0.15, -0.1) is 0 Å². The first kappa shape index (κ1) is 27.6. The summed E-state index contributed by atoms with van der Waals surface area (Å²) in [5.41, 5.74) is 5.68. The van der Waals surface area contributed by atoms with Crippen LogP contribution < -0.4 is 5.32 Å². The molecule has 2 N–H and O–H groups in total. The molecule has 0 radical (unpaired) electrons. The van der Waals surface area contributed by atoms with Gasteiger partial charge in [0.25, 0.3) is 0 Å². The van der Waals surface area contributed by atoms with Gasteiger partial charge in [0.1, 0.15) is 5.82 Å². The highest BCUT2D eigenvalue weighted by atomic mass is 16.5. The zero-order valence-corrected chi connectivity index (χ0v) is 23.2. The number of carboxylic acid groups (broad SMARTS) is 1. The van der Waals surface area contributed by atoms with Crippen LogP contribution in [-0.2, 0) is 22.4 Å². The van der Waals surface area contributed by atoms with Crippen molar-refractivity contribution in [2.24, 2.45) is 5.92 Å². The lowest BCUT2D eigenvalue weighted by Gasteiger charge is -2.19. The Bertz CT molecular complexity index is 1170. The van der Waals surface area contributed by atoms with E-state index in [4.69, 9.17) is 9.72 Å². The average Bonchev–Trinajstić information content (AvgIpc) is 3.44. The number of pyridine rings is 1. The van der Waals surface area contributed by atoms with Crippen LogP contribution in [0.2, 0.25) is 0 Å². The molecule has 5 heteroatoms. The molecular formula is C34H44N2O3. The first-order valence-electron chi connectivity index (χ1n) is 15.2. The lowest BCUT2D eigenvalue weighted by molar-refractivity contribution is -0.139. The molecule has 2 aliphatic carbocycles. The number of ether oxygens (including phenoxy) is 1. The van der Waals surface area contributed by atoms with Crippen LogP contribution >= 0.6 is 0 Å². The number of carboxylic acids is 1. The first-order chi connectivity index (χ1) is 19.2. The van der Waals surface area contributed by atoms with Crippen molar-refractivity contribution < 1.29 is 14.6 Å². The highest BCUT2D eigenvalue weighted by Crippen LogP contribution is 2.36. The summed E-state index contributed by atoms with van der Waals surface area (Å²) < 4.78 is 6.25. The number of aryl methyl sites for hydroxylation is 2. The Hall–Kier alpha value is -2.92. The van der Waals surface area contributed by atoms with E-state index in [1.807, 2.05) is 12.1 Å². The van der Waals surface area contributed by atoms with Crippen molar-refractivity contribution in [2.75, 3.05) is 18.5 Å². The van der Waals surface area contributed by atoms with Crippen LogP contribution in [0.25, 0.3) is 12.2 Å². The third kappa shape index (κ3) is 7.60. The summed E-state index contributed by atoms with van der Waals surface area (Å²) in [7, 11) is 0. The number of nitrogens with zero attached hydrogens (tertiary/aromatic N) is 1. The Morgan fingerprint density at radius 1 is 1.08 bits per heavy atom. The number of hydrogen-bond donors (Lipinski definition) is 2. The number of allylic oxidation sites excluding steroid dienone is 2. The van der Waals surface area contributed by atoms with E-state index in [2.05, 4.69) is 47.8 Å². The van der Waals surface area contributed by atoms with E-state index >= 15 is 0 Å². The predicted molar refractivity (Wildman–Crippen MR) is 159 cm³/mol. The summed E-state index contributed by atoms with van der Waals surface area (Å²) in [6.07, 6.45) is 22.6. The fourth-order valence-electron chi connectivity index (χ4n) is 6.43. The summed E-state index contributed by atoms with van der Waals surface area (Å²) in [6.45, 7) is 1.83. The van der Waals surface area contributed by atoms with Crippen LogP contribution in [0, 0.1) is 5.92 Å². The molecule has 3 atom stereocenters. The second-order valence-electron chi connectivity index (χ2n) is 11.5. The third-order valence-electron chi connectivity index (χ3n) is 8.66. The Labute approximate surface area is 233 Å². The minimum Gasteiger partial charge on any atom is -0.481 e. The number of hydrogen-bond acceptors (Lipinski definition) is 4. The molecule has 0 bridgehead atoms. The SMILES string of the molecule is O=C(O)C(CCC1CC[C@@H](OCCCCc2ccc3c(n2)NCCC3)C1)c1cccc2c1/C=C\CCC/C=C\2. The van der Waals surface area contributed by atoms with Crippen LogP contribution in [-0.4, -0.2) is 35.3 Å². The number of carbonyl (C=O) groups is 1. The molecule has 1 saturated carbocycles. The van der Waals surface area contributed by atoms with Crippen LogP contribution in [0.5, 0.6) is 0 Å². The van der Waals surface area contributed by atoms with Crippen molar-refractivity contribution in [1.29, 1.82) is 0 Å². The van der Waals surface area contributed by atoms with Crippen LogP contribution in [0.4, 0.5) is 5.82 Å². The molecule has 0 amide bonds. The van der Waals surface area contributed by atoms with Crippen molar-refractivity contribution in [1.82, 2.24) is 4.98 Å². The van der Waals surface area contributed by atoms with E-state index in [0.717, 1.165) is 106 Å². The molecule has 2 unspecified atom stereocenters. The number of benzene rings is 1. The second-order valence-corrected chi connectivity index (χ2v) is 11.5. The zero-order chi connectivity index (χ0) is 26.9. The molecule has 3 aliphatic rings. The molecule has 5 rings (SSSR count). The van der Waals surface area contributed by atoms with E-state index in [-0.39, 0.29) is 0 Å². The number of aliphatic carboxylic acids is 1. The van der Waals surface area contributed by atoms with Gasteiger partial charge in [0.2, 0.25) is 0 Å². The molecule has 0 spiro atoms. The number of fused-ring (bicyclic) bond motifs is 2. The number of unbranched alkanes of at least 4 members (excludes halogenated alkanes) is 1. The number of aromatic nitrogens is 1. The number of nitrogens with one attached hydrogen (secondary N) is 1. The maximum Gasteiger partial charge on any atom is 0.310 e. The van der Waals surface area contributed by atoms with Crippen molar-refractivity contribution in [3.63, 3.8) is 0 Å². The first-order valence-corrected chi connectivity index (χ1v) is 15.2. The quantitative estimate of drug-likeness (QED) is 0.291. The van der Waals surface area contributed by atoms with Crippen LogP contribution in [0.1, 0.15) is 104 Å². The molecule has 208 valence electrons. The lowest BCUT2D eigenvalue weighted by atomic mass is 9.85. The molecular weight excluding hydrogens is 484 g/mol. The normalized spacial score (nSPS) is 22.9. The average molecular weight is 529 g/mol. The van der Waals surface area contributed by atoms with Gasteiger partial charge in [-0.1, -0.05) is 48.6 Å². The molecule has 2 heterocycles. The molecule has 0 saturated heterocycles. The molecule has 1 fully saturated rings. The van der Waals surface area contributed by atoms with Crippen molar-refractivity contribution in [2.45, 2.75) is 95.5 Å². The smallest absolute Gasteiger partial charge is 0.310 e. The fourth-order valence-corrected chi connectivity index (χ4v) is 6.43. The van der Waals surface area contributed by atoms with Crippen molar-refractivity contribution >= 4 is 23.9 Å². The van der Waals surface area contributed by atoms with Gasteiger partial charge in [0.15, 0.2) is 0 Å². The van der Waals surface area contributed by atoms with Crippen molar-refractivity contribution in [3.05, 3.63) is 70.4 Å². The second kappa shape index (κ2) is 13.9. The van der Waals surface area contributed by atoms with Gasteiger partial charge in [-0.25, -0.2) is 4.98 Å². The van der Waals surface area contributed by atoms with E-state index < -0.39 is 11.9 Å². The molecule has 39 heavy (non-hydrogen) atoms. The maximum absolute atomic E-state index is 12.4. The fraction of sp³-hybridized carbons (Fsp3) is 0.529. The van der Waals surface area contributed by atoms with Crippen LogP contribution in [0.3, 0.4) is 0 Å². The molecule has 2 aromatic rings. The summed E-state index contributed by atoms with van der Waals surface area (Å²) in [5.74, 6) is 0.453. The maximum atomic E-state index is 12.4. The number of rotatable bonds is 11. The van der Waals surface area contributed by atoms with Gasteiger partial charge in [-0.05, 0) is 118 Å². The highest BCUT2D eigenvalue weighted by molar-refractivity contribution is 5.80. The summed E-state index contributed by atoms with van der Waals surface area (Å²) in [6, 6.07) is 10.5. The largest absolute Gasteiger partial charge is 0.481 e. The van der Waals surface area contributed by atoms with E-state index in [1.54, 1.807) is 0 Å². The monoisotopic (exact) mass is 528 g/mol. The van der Waals surface area contributed by atoms with Crippen LogP contribution in [0.15, 0.2) is 42.5 Å². The lowest BCUT2D eigenvalue weighted by Crippen LogP contribution is -2.15. The summed E-state index contributed by atoms with van der Waals surface area (Å²) >= 11 is 0. The highest BCUT2D eigenvalue weighted by Gasteiger charge is 2.29. The Morgan fingerprint density at radius 2 is 1.97 bits per heavy atom. The minimum atomic E-state index is -0.712. The van der Waals surface area contributed by atoms with Gasteiger partial charge in [0, 0.05) is 18.8 Å². The minimum absolute atomic E-state index is 0.318. The van der Waals surface area contributed by atoms with E-state index in [0.29, 0.717) is 18.4 Å². The molecule has 1 aromatic heterocycles. The Kier molecular flexibility index (Phi) is 9.87. The van der Waals surface area contributed by atoms with Gasteiger partial charge >= 0.3 is 5.97 Å². The summed E-state index contributed by atoms with van der Waals surface area (Å²) in [5, 5.41) is 13.6. The van der Waals surface area contributed by atoms with E-state index in [9.17, 15) is 9.90 Å². The van der Waals surface area contributed by atoms with Gasteiger partial charge in [-0.2, -0.15) is 0 Å². The topological polar surface area (TPSA) is 71.5 Å². The van der Waals surface area contributed by atoms with E-state index in [1.165, 1.54) is 17.7 Å². The number of anilines is 1. The third-order valence-corrected chi connectivity index (χ3v) is 8.66. The molecule has 1 aromatic carbocycles. The van der Waals surface area contributed by atoms with Gasteiger partial charge in [-0.3, -0.25) is 4.79 Å². The van der Waals surface area contributed by atoms with Gasteiger partial charge < -0.3 is 15.2 Å².